The molecule has 1 aliphatic heterocycles. The van der Waals surface area contributed by atoms with Gasteiger partial charge in [-0.2, -0.15) is 5.10 Å². The number of aromatic nitrogens is 5. The number of oxazole rings is 1. The second-order valence-corrected chi connectivity index (χ2v) is 7.65. The molecule has 9 nitrogen and oxygen atoms in total. The first kappa shape index (κ1) is 18.3. The largest absolute Gasteiger partial charge is 0.444 e. The number of piperazine rings is 1. The van der Waals surface area contributed by atoms with Crippen molar-refractivity contribution in [1.29, 1.82) is 0 Å². The molecule has 5 rings (SSSR count). The monoisotopic (exact) mass is 395 g/mol. The number of hydrogen-bond acceptors (Lipinski definition) is 7. The summed E-state index contributed by atoms with van der Waals surface area (Å²) in [5, 5.41) is 8.62. The van der Waals surface area contributed by atoms with Crippen molar-refractivity contribution in [3.63, 3.8) is 0 Å². The van der Waals surface area contributed by atoms with Gasteiger partial charge < -0.3 is 4.42 Å². The van der Waals surface area contributed by atoms with Crippen LogP contribution in [0.25, 0.3) is 5.82 Å². The first-order valence-electron chi connectivity index (χ1n) is 10.2. The summed E-state index contributed by atoms with van der Waals surface area (Å²) in [5.74, 6) is 2.60. The average Bonchev–Trinajstić information content (AvgIpc) is 3.46. The van der Waals surface area contributed by atoms with Crippen LogP contribution >= 0.6 is 0 Å². The first-order chi connectivity index (χ1) is 14.2. The molecule has 0 N–H and O–H groups in total. The summed E-state index contributed by atoms with van der Waals surface area (Å²) < 4.78 is 9.08. The summed E-state index contributed by atoms with van der Waals surface area (Å²) in [6, 6.07) is 5.08. The lowest BCUT2D eigenvalue weighted by Gasteiger charge is -2.33. The van der Waals surface area contributed by atoms with Gasteiger partial charge in [-0.15, -0.1) is 5.10 Å². The second kappa shape index (κ2) is 7.92. The highest BCUT2D eigenvalue weighted by molar-refractivity contribution is 5.17. The van der Waals surface area contributed by atoms with Gasteiger partial charge in [0, 0.05) is 57.6 Å². The maximum absolute atomic E-state index is 12.2. The number of aryl methyl sites for hydroxylation is 2. The van der Waals surface area contributed by atoms with Crippen LogP contribution in [0.1, 0.15) is 23.8 Å². The maximum Gasteiger partial charge on any atom is 0.266 e. The third-order valence-electron chi connectivity index (χ3n) is 5.68. The van der Waals surface area contributed by atoms with Crippen LogP contribution < -0.4 is 5.56 Å². The minimum absolute atomic E-state index is 0.0866. The molecule has 0 saturated carbocycles. The lowest BCUT2D eigenvalue weighted by molar-refractivity contribution is 0.115. The summed E-state index contributed by atoms with van der Waals surface area (Å²) in [6.07, 6.45) is 6.77. The number of rotatable bonds is 6. The molecule has 0 amide bonds. The SMILES string of the molecule is O=c1ccc(-n2cccn2)nn1CCN1CCN(Cc2nc3c(o2)CCC3)CC1. The fraction of sp³-hybridized carbons (Fsp3) is 0.500. The Balaban J connectivity index is 1.13. The molecule has 9 heteroatoms. The summed E-state index contributed by atoms with van der Waals surface area (Å²) in [4.78, 5) is 21.6. The van der Waals surface area contributed by atoms with Gasteiger partial charge in [-0.05, 0) is 25.0 Å². The van der Waals surface area contributed by atoms with Crippen molar-refractivity contribution in [2.45, 2.75) is 32.4 Å². The van der Waals surface area contributed by atoms with Crippen LogP contribution in [-0.2, 0) is 25.9 Å². The van der Waals surface area contributed by atoms with E-state index in [2.05, 4.69) is 25.0 Å². The van der Waals surface area contributed by atoms with Gasteiger partial charge in [0.05, 0.1) is 18.8 Å². The molecule has 4 heterocycles. The molecule has 1 fully saturated rings. The molecule has 1 saturated heterocycles. The summed E-state index contributed by atoms with van der Waals surface area (Å²) in [7, 11) is 0. The normalized spacial score (nSPS) is 17.7. The van der Waals surface area contributed by atoms with Gasteiger partial charge >= 0.3 is 0 Å². The highest BCUT2D eigenvalue weighted by Crippen LogP contribution is 2.23. The lowest BCUT2D eigenvalue weighted by atomic mass is 10.3. The van der Waals surface area contributed by atoms with Crippen LogP contribution in [0.3, 0.4) is 0 Å². The molecule has 0 atom stereocenters. The molecule has 29 heavy (non-hydrogen) atoms. The van der Waals surface area contributed by atoms with Crippen molar-refractivity contribution in [3.05, 3.63) is 58.3 Å². The van der Waals surface area contributed by atoms with Crippen molar-refractivity contribution in [3.8, 4) is 5.82 Å². The van der Waals surface area contributed by atoms with Crippen LogP contribution in [0.15, 0.2) is 39.8 Å². The van der Waals surface area contributed by atoms with Gasteiger partial charge in [-0.3, -0.25) is 14.6 Å². The molecule has 0 unspecified atom stereocenters. The van der Waals surface area contributed by atoms with Gasteiger partial charge in [0.25, 0.3) is 5.56 Å². The Bertz CT molecular complexity index is 994. The first-order valence-corrected chi connectivity index (χ1v) is 10.2. The molecule has 2 aliphatic rings. The van der Waals surface area contributed by atoms with Crippen LogP contribution in [0.5, 0.6) is 0 Å². The average molecular weight is 395 g/mol. The van der Waals surface area contributed by atoms with E-state index in [4.69, 9.17) is 4.42 Å². The molecule has 0 aromatic carbocycles. The van der Waals surface area contributed by atoms with Crippen molar-refractivity contribution in [2.24, 2.45) is 0 Å². The Morgan fingerprint density at radius 2 is 1.90 bits per heavy atom. The Morgan fingerprint density at radius 1 is 1.03 bits per heavy atom. The summed E-state index contributed by atoms with van der Waals surface area (Å²) >= 11 is 0. The fourth-order valence-corrected chi connectivity index (χ4v) is 4.03. The molecule has 0 radical (unpaired) electrons. The fourth-order valence-electron chi connectivity index (χ4n) is 4.03. The van der Waals surface area contributed by atoms with Crippen LogP contribution in [0, 0.1) is 0 Å². The summed E-state index contributed by atoms with van der Waals surface area (Å²) in [5.41, 5.74) is 1.07. The van der Waals surface area contributed by atoms with E-state index in [1.54, 1.807) is 23.0 Å². The van der Waals surface area contributed by atoms with Crippen molar-refractivity contribution in [2.75, 3.05) is 32.7 Å². The van der Waals surface area contributed by atoms with E-state index in [0.29, 0.717) is 12.4 Å². The molecule has 152 valence electrons. The van der Waals surface area contributed by atoms with Crippen molar-refractivity contribution >= 4 is 0 Å². The van der Waals surface area contributed by atoms with Gasteiger partial charge in [0.2, 0.25) is 5.89 Å². The van der Waals surface area contributed by atoms with Gasteiger partial charge in [-0.1, -0.05) is 0 Å². The molecule has 3 aromatic heterocycles. The molecule has 1 aliphatic carbocycles. The third-order valence-corrected chi connectivity index (χ3v) is 5.68. The highest BCUT2D eigenvalue weighted by Gasteiger charge is 2.22. The Labute approximate surface area is 168 Å². The second-order valence-electron chi connectivity index (χ2n) is 7.65. The van der Waals surface area contributed by atoms with E-state index in [0.717, 1.165) is 69.5 Å². The number of nitrogens with zero attached hydrogens (tertiary/aromatic N) is 7. The van der Waals surface area contributed by atoms with Crippen LogP contribution in [0.4, 0.5) is 0 Å². The topological polar surface area (TPSA) is 85.2 Å². The van der Waals surface area contributed by atoms with Crippen molar-refractivity contribution in [1.82, 2.24) is 34.3 Å². The van der Waals surface area contributed by atoms with E-state index < -0.39 is 0 Å². The summed E-state index contributed by atoms with van der Waals surface area (Å²) in [6.45, 7) is 6.04. The number of fused-ring (bicyclic) bond motifs is 1. The maximum atomic E-state index is 12.2. The smallest absolute Gasteiger partial charge is 0.266 e. The van der Waals surface area contributed by atoms with Gasteiger partial charge in [0.1, 0.15) is 5.76 Å². The minimum atomic E-state index is -0.0866. The third kappa shape index (κ3) is 4.01. The quantitative estimate of drug-likeness (QED) is 0.608. The van der Waals surface area contributed by atoms with E-state index in [9.17, 15) is 4.79 Å². The zero-order valence-corrected chi connectivity index (χ0v) is 16.4. The molecule has 0 spiro atoms. The van der Waals surface area contributed by atoms with E-state index in [1.807, 2.05) is 12.3 Å². The van der Waals surface area contributed by atoms with E-state index in [-0.39, 0.29) is 5.56 Å². The zero-order chi connectivity index (χ0) is 19.6. The van der Waals surface area contributed by atoms with Crippen LogP contribution in [-0.4, -0.2) is 67.1 Å². The Morgan fingerprint density at radius 3 is 2.69 bits per heavy atom. The molecular weight excluding hydrogens is 370 g/mol. The molecular formula is C20H25N7O2. The van der Waals surface area contributed by atoms with Gasteiger partial charge in [0.15, 0.2) is 5.82 Å². The molecule has 0 bridgehead atoms. The zero-order valence-electron chi connectivity index (χ0n) is 16.4. The standard InChI is InChI=1S/C20H25N7O2/c28-20-6-5-18(26-8-2-7-21-26)23-27(20)14-13-24-9-11-25(12-10-24)15-19-22-16-3-1-4-17(16)29-19/h2,5-8H,1,3-4,9-15H2. The van der Waals surface area contributed by atoms with Gasteiger partial charge in [-0.25, -0.2) is 14.3 Å². The predicted molar refractivity (Wildman–Crippen MR) is 106 cm³/mol. The van der Waals surface area contributed by atoms with E-state index >= 15 is 0 Å². The Kier molecular flexibility index (Phi) is 4.99. The lowest BCUT2D eigenvalue weighted by Crippen LogP contribution is -2.47. The van der Waals surface area contributed by atoms with Crippen molar-refractivity contribution < 1.29 is 4.42 Å². The number of hydrogen-bond donors (Lipinski definition) is 0. The minimum Gasteiger partial charge on any atom is -0.444 e. The predicted octanol–water partition coefficient (Wildman–Crippen LogP) is 0.724. The highest BCUT2D eigenvalue weighted by atomic mass is 16.4. The Hall–Kier alpha value is -2.78. The van der Waals surface area contributed by atoms with Crippen LogP contribution in [0.2, 0.25) is 0 Å². The van der Waals surface area contributed by atoms with E-state index in [1.165, 1.54) is 11.1 Å². The molecule has 3 aromatic rings.